The fourth-order valence-electron chi connectivity index (χ4n) is 7.90. The molecule has 0 aromatic heterocycles. The number of hydrogen-bond acceptors (Lipinski definition) is 7. The molecule has 7 nitrogen and oxygen atoms in total. The third kappa shape index (κ3) is 3.38. The molecule has 35 heavy (non-hydrogen) atoms. The largest absolute Gasteiger partial charge is 0.458 e. The van der Waals surface area contributed by atoms with Gasteiger partial charge in [0, 0.05) is 12.0 Å². The number of hydrogen-bond donors (Lipinski definition) is 4. The van der Waals surface area contributed by atoms with Gasteiger partial charge in [-0.2, -0.15) is 0 Å². The second kappa shape index (κ2) is 8.23. The summed E-state index contributed by atoms with van der Waals surface area (Å²) in [5.74, 6) is -1.41. The summed E-state index contributed by atoms with van der Waals surface area (Å²) in [6.07, 6.45) is 4.01. The highest BCUT2D eigenvalue weighted by molar-refractivity contribution is 5.87. The highest BCUT2D eigenvalue weighted by Crippen LogP contribution is 2.70. The number of esters is 1. The topological polar surface area (TPSA) is 124 Å². The van der Waals surface area contributed by atoms with Crippen molar-refractivity contribution in [1.29, 1.82) is 0 Å². The van der Waals surface area contributed by atoms with Gasteiger partial charge in [-0.15, -0.1) is 0 Å². The molecule has 0 bridgehead atoms. The summed E-state index contributed by atoms with van der Waals surface area (Å²) in [4.78, 5) is 25.9. The maximum absolute atomic E-state index is 13.0. The Morgan fingerprint density at radius 2 is 1.77 bits per heavy atom. The maximum atomic E-state index is 13.0. The highest BCUT2D eigenvalue weighted by atomic mass is 16.5. The predicted octanol–water partition coefficient (Wildman–Crippen LogP) is 2.98. The van der Waals surface area contributed by atoms with Crippen LogP contribution in [0.3, 0.4) is 0 Å². The van der Waals surface area contributed by atoms with Gasteiger partial charge in [-0.3, -0.25) is 4.79 Å². The Morgan fingerprint density at radius 3 is 2.37 bits per heavy atom. The van der Waals surface area contributed by atoms with E-state index in [0.717, 1.165) is 11.1 Å². The summed E-state index contributed by atoms with van der Waals surface area (Å²) in [5.41, 5.74) is -5.62. The molecule has 3 saturated carbocycles. The van der Waals surface area contributed by atoms with E-state index in [1.54, 1.807) is 6.92 Å². The van der Waals surface area contributed by atoms with Crippen LogP contribution in [0.5, 0.6) is 0 Å². The van der Waals surface area contributed by atoms with E-state index in [4.69, 9.17) is 4.74 Å². The molecule has 0 radical (unpaired) electrons. The molecule has 196 valence electrons. The SMILES string of the molecule is CC(=O)[C@]1(O)CC[C@]2(O)C3(O)CC=C4C[C@@H](O)CC[C@]4(C)[C@H]3C[C@@H](OC(=O)/C=C(\C)C(C)C)[C@]12C. The van der Waals surface area contributed by atoms with Gasteiger partial charge in [-0.25, -0.2) is 4.79 Å². The molecule has 3 fully saturated rings. The normalized spacial score (nSPS) is 47.5. The van der Waals surface area contributed by atoms with Gasteiger partial charge in [-0.05, 0) is 77.0 Å². The number of allylic oxidation sites excluding steroid dienone is 1. The van der Waals surface area contributed by atoms with E-state index in [2.05, 4.69) is 6.92 Å². The summed E-state index contributed by atoms with van der Waals surface area (Å²) in [6, 6.07) is 0. The van der Waals surface area contributed by atoms with Crippen molar-refractivity contribution in [2.24, 2.45) is 22.7 Å². The number of ketones is 1. The zero-order chi connectivity index (χ0) is 26.2. The van der Waals surface area contributed by atoms with Crippen molar-refractivity contribution in [3.05, 3.63) is 23.3 Å². The molecule has 0 aromatic carbocycles. The average molecular weight is 491 g/mol. The summed E-state index contributed by atoms with van der Waals surface area (Å²) in [7, 11) is 0. The van der Waals surface area contributed by atoms with Crippen LogP contribution < -0.4 is 0 Å². The van der Waals surface area contributed by atoms with Crippen molar-refractivity contribution in [3.8, 4) is 0 Å². The Hall–Kier alpha value is -1.54. The Kier molecular flexibility index (Phi) is 6.24. The van der Waals surface area contributed by atoms with E-state index in [9.17, 15) is 30.0 Å². The van der Waals surface area contributed by atoms with Gasteiger partial charge in [0.05, 0.1) is 11.5 Å². The van der Waals surface area contributed by atoms with E-state index in [-0.39, 0.29) is 31.6 Å². The molecular formula is C28H42O7. The van der Waals surface area contributed by atoms with Crippen LogP contribution >= 0.6 is 0 Å². The van der Waals surface area contributed by atoms with Gasteiger partial charge >= 0.3 is 5.97 Å². The third-order valence-corrected chi connectivity index (χ3v) is 10.7. The number of Topliss-reactive ketones (excluding diaryl/α,β-unsaturated/α-hetero) is 1. The van der Waals surface area contributed by atoms with Crippen molar-refractivity contribution in [2.75, 3.05) is 0 Å². The molecule has 4 N–H and O–H groups in total. The van der Waals surface area contributed by atoms with E-state index in [1.165, 1.54) is 13.0 Å². The van der Waals surface area contributed by atoms with E-state index < -0.39 is 57.5 Å². The third-order valence-electron chi connectivity index (χ3n) is 10.7. The summed E-state index contributed by atoms with van der Waals surface area (Å²) >= 11 is 0. The predicted molar refractivity (Wildman–Crippen MR) is 130 cm³/mol. The highest BCUT2D eigenvalue weighted by Gasteiger charge is 2.81. The van der Waals surface area contributed by atoms with Crippen LogP contribution in [0.2, 0.25) is 0 Å². The zero-order valence-corrected chi connectivity index (χ0v) is 21.9. The lowest BCUT2D eigenvalue weighted by molar-refractivity contribution is -0.314. The van der Waals surface area contributed by atoms with Crippen LogP contribution in [-0.4, -0.2) is 61.2 Å². The average Bonchev–Trinajstić information content (AvgIpc) is 3.00. The maximum Gasteiger partial charge on any atom is 0.330 e. The van der Waals surface area contributed by atoms with Crippen LogP contribution in [-0.2, 0) is 14.3 Å². The van der Waals surface area contributed by atoms with E-state index >= 15 is 0 Å². The van der Waals surface area contributed by atoms with E-state index in [0.29, 0.717) is 19.3 Å². The van der Waals surface area contributed by atoms with Gasteiger partial charge in [0.25, 0.3) is 0 Å². The monoisotopic (exact) mass is 490 g/mol. The Morgan fingerprint density at radius 1 is 1.11 bits per heavy atom. The van der Waals surface area contributed by atoms with Crippen molar-refractivity contribution in [2.45, 2.75) is 115 Å². The number of fused-ring (bicyclic) bond motifs is 5. The Bertz CT molecular complexity index is 984. The molecule has 4 aliphatic carbocycles. The zero-order valence-electron chi connectivity index (χ0n) is 21.9. The van der Waals surface area contributed by atoms with Crippen LogP contribution in [0.1, 0.15) is 86.5 Å². The quantitative estimate of drug-likeness (QED) is 0.271. The number of ether oxygens (including phenoxy) is 1. The molecule has 8 atom stereocenters. The minimum Gasteiger partial charge on any atom is -0.458 e. The van der Waals surface area contributed by atoms with Crippen LogP contribution in [0.25, 0.3) is 0 Å². The van der Waals surface area contributed by atoms with Crippen LogP contribution in [0.4, 0.5) is 0 Å². The van der Waals surface area contributed by atoms with Gasteiger partial charge < -0.3 is 25.2 Å². The van der Waals surface area contributed by atoms with Crippen LogP contribution in [0.15, 0.2) is 23.3 Å². The number of rotatable bonds is 4. The number of carbonyl (C=O) groups is 2. The molecule has 0 spiro atoms. The smallest absolute Gasteiger partial charge is 0.330 e. The molecule has 7 heteroatoms. The molecule has 0 aliphatic heterocycles. The molecule has 4 aliphatic rings. The molecule has 0 heterocycles. The Labute approximate surface area is 208 Å². The second-order valence-corrected chi connectivity index (χ2v) is 12.4. The summed E-state index contributed by atoms with van der Waals surface area (Å²) < 4.78 is 6.01. The summed E-state index contributed by atoms with van der Waals surface area (Å²) in [6.45, 7) is 10.7. The van der Waals surface area contributed by atoms with Crippen LogP contribution in [0, 0.1) is 22.7 Å². The number of aliphatic hydroxyl groups excluding tert-OH is 1. The second-order valence-electron chi connectivity index (χ2n) is 12.4. The number of carbonyl (C=O) groups excluding carboxylic acids is 2. The molecular weight excluding hydrogens is 448 g/mol. The van der Waals surface area contributed by atoms with Gasteiger partial charge in [0.1, 0.15) is 22.9 Å². The fourth-order valence-corrected chi connectivity index (χ4v) is 7.90. The molecule has 0 aromatic rings. The first-order chi connectivity index (χ1) is 16.1. The minimum absolute atomic E-state index is 0.0172. The fraction of sp³-hybridized carbons (Fsp3) is 0.786. The van der Waals surface area contributed by atoms with Crippen molar-refractivity contribution in [3.63, 3.8) is 0 Å². The molecule has 0 amide bonds. The van der Waals surface area contributed by atoms with Crippen molar-refractivity contribution < 1.29 is 34.8 Å². The van der Waals surface area contributed by atoms with Gasteiger partial charge in [-0.1, -0.05) is 38.0 Å². The standard InChI is InChI=1S/C28H42O7/c1-16(2)17(3)13-23(31)35-22-15-21-24(5)9-8-20(30)14-19(24)7-10-27(21,33)28(34)12-11-26(32,18(4)29)25(22,28)6/h7,13,16,20-22,30,32-34H,8-12,14-15H2,1-6H3/b17-13+/t20-,21+,22+,24-,25+,26+,27?,28+/m0/s1. The van der Waals surface area contributed by atoms with Crippen molar-refractivity contribution in [1.82, 2.24) is 0 Å². The molecule has 4 rings (SSSR count). The van der Waals surface area contributed by atoms with E-state index in [1.807, 2.05) is 26.8 Å². The lowest BCUT2D eigenvalue weighted by Gasteiger charge is -2.67. The minimum atomic E-state index is -1.95. The summed E-state index contributed by atoms with van der Waals surface area (Å²) in [5, 5.41) is 46.7. The first-order valence-electron chi connectivity index (χ1n) is 13.0. The first kappa shape index (κ1) is 26.5. The Balaban J connectivity index is 1.85. The lowest BCUT2D eigenvalue weighted by atomic mass is 9.42. The first-order valence-corrected chi connectivity index (χ1v) is 13.0. The molecule has 1 unspecified atom stereocenters. The molecule has 0 saturated heterocycles. The lowest BCUT2D eigenvalue weighted by Crippen LogP contribution is -2.78. The van der Waals surface area contributed by atoms with Gasteiger partial charge in [0.2, 0.25) is 0 Å². The number of aliphatic hydroxyl groups is 4. The van der Waals surface area contributed by atoms with Crippen molar-refractivity contribution >= 4 is 11.8 Å². The van der Waals surface area contributed by atoms with Gasteiger partial charge in [0.15, 0.2) is 5.78 Å².